The fourth-order valence-electron chi connectivity index (χ4n) is 2.48. The van der Waals surface area contributed by atoms with Gasteiger partial charge in [0.1, 0.15) is 0 Å². The van der Waals surface area contributed by atoms with E-state index < -0.39 is 0 Å². The number of ether oxygens (including phenoxy) is 1. The van der Waals surface area contributed by atoms with Crippen LogP contribution in [0.2, 0.25) is 0 Å². The summed E-state index contributed by atoms with van der Waals surface area (Å²) in [6.45, 7) is 1.28. The van der Waals surface area contributed by atoms with E-state index in [1.165, 1.54) is 0 Å². The van der Waals surface area contributed by atoms with Crippen molar-refractivity contribution in [1.29, 1.82) is 0 Å². The summed E-state index contributed by atoms with van der Waals surface area (Å²) in [6.07, 6.45) is 4.13. The summed E-state index contributed by atoms with van der Waals surface area (Å²) in [5.41, 5.74) is 1.39. The summed E-state index contributed by atoms with van der Waals surface area (Å²) in [5, 5.41) is 9.31. The molecule has 5 nitrogen and oxygen atoms in total. The molecule has 0 saturated carbocycles. The first-order valence-electron chi connectivity index (χ1n) is 6.62. The molecule has 1 atom stereocenters. The Morgan fingerprint density at radius 2 is 2.47 bits per heavy atom. The van der Waals surface area contributed by atoms with Crippen molar-refractivity contribution in [1.82, 2.24) is 9.88 Å². The Kier molecular flexibility index (Phi) is 4.87. The van der Waals surface area contributed by atoms with E-state index in [2.05, 4.69) is 4.98 Å². The van der Waals surface area contributed by atoms with Crippen LogP contribution in [-0.4, -0.2) is 53.8 Å². The van der Waals surface area contributed by atoms with E-state index in [0.29, 0.717) is 25.1 Å². The minimum Gasteiger partial charge on any atom is -0.394 e. The molecule has 2 rings (SSSR count). The molecule has 0 aliphatic carbocycles. The molecule has 1 fully saturated rings. The number of aliphatic hydroxyl groups is 1. The third kappa shape index (κ3) is 3.11. The number of carbonyl (C=O) groups excluding carboxylic acids is 1. The number of hydrogen-bond acceptors (Lipinski definition) is 4. The maximum absolute atomic E-state index is 12.5. The monoisotopic (exact) mass is 264 g/mol. The zero-order valence-electron chi connectivity index (χ0n) is 11.2. The van der Waals surface area contributed by atoms with Gasteiger partial charge in [-0.2, -0.15) is 0 Å². The van der Waals surface area contributed by atoms with Gasteiger partial charge in [0.05, 0.1) is 30.5 Å². The van der Waals surface area contributed by atoms with Gasteiger partial charge in [0.25, 0.3) is 5.91 Å². The highest BCUT2D eigenvalue weighted by atomic mass is 16.5. The predicted octanol–water partition coefficient (Wildman–Crippen LogP) is 0.867. The summed E-state index contributed by atoms with van der Waals surface area (Å²) in [6, 6.07) is 3.52. The lowest BCUT2D eigenvalue weighted by Gasteiger charge is -2.23. The summed E-state index contributed by atoms with van der Waals surface area (Å²) < 4.78 is 5.04. The number of likely N-dealkylation sites (tertiary alicyclic amines) is 1. The van der Waals surface area contributed by atoms with E-state index >= 15 is 0 Å². The molecule has 0 bridgehead atoms. The Bertz CT molecular complexity index is 436. The summed E-state index contributed by atoms with van der Waals surface area (Å²) in [5.74, 6) is -0.0317. The third-order valence-electron chi connectivity index (χ3n) is 3.51. The number of methoxy groups -OCH3 is 1. The maximum atomic E-state index is 12.5. The molecule has 19 heavy (non-hydrogen) atoms. The van der Waals surface area contributed by atoms with E-state index in [-0.39, 0.29) is 18.6 Å². The number of aromatic nitrogens is 1. The summed E-state index contributed by atoms with van der Waals surface area (Å²) in [7, 11) is 1.63. The first-order chi connectivity index (χ1) is 9.27. The fraction of sp³-hybridized carbons (Fsp3) is 0.571. The highest BCUT2D eigenvalue weighted by Crippen LogP contribution is 2.20. The molecule has 1 aliphatic rings. The number of carbonyl (C=O) groups is 1. The van der Waals surface area contributed by atoms with Gasteiger partial charge >= 0.3 is 0 Å². The molecule has 104 valence electrons. The van der Waals surface area contributed by atoms with Crippen molar-refractivity contribution in [2.24, 2.45) is 0 Å². The highest BCUT2D eigenvalue weighted by Gasteiger charge is 2.29. The third-order valence-corrected chi connectivity index (χ3v) is 3.51. The second-order valence-electron chi connectivity index (χ2n) is 4.72. The van der Waals surface area contributed by atoms with Crippen molar-refractivity contribution in [2.75, 3.05) is 26.9 Å². The first-order valence-corrected chi connectivity index (χ1v) is 6.62. The lowest BCUT2D eigenvalue weighted by atomic mass is 10.1. The van der Waals surface area contributed by atoms with Gasteiger partial charge in [-0.15, -0.1) is 0 Å². The minimum absolute atomic E-state index is 0.0272. The van der Waals surface area contributed by atoms with Crippen LogP contribution in [0.3, 0.4) is 0 Å². The van der Waals surface area contributed by atoms with E-state index in [1.807, 2.05) is 0 Å². The summed E-state index contributed by atoms with van der Waals surface area (Å²) in [4.78, 5) is 18.6. The quantitative estimate of drug-likeness (QED) is 0.857. The van der Waals surface area contributed by atoms with Crippen LogP contribution < -0.4 is 0 Å². The highest BCUT2D eigenvalue weighted by molar-refractivity contribution is 5.95. The largest absolute Gasteiger partial charge is 0.394 e. The number of pyridine rings is 1. The topological polar surface area (TPSA) is 62.7 Å². The number of aliphatic hydroxyl groups excluding tert-OH is 1. The van der Waals surface area contributed by atoms with Gasteiger partial charge < -0.3 is 14.7 Å². The van der Waals surface area contributed by atoms with E-state index in [4.69, 9.17) is 4.74 Å². The lowest BCUT2D eigenvalue weighted by molar-refractivity contribution is 0.0675. The van der Waals surface area contributed by atoms with Gasteiger partial charge in [-0.05, 0) is 25.0 Å². The van der Waals surface area contributed by atoms with E-state index in [0.717, 1.165) is 18.5 Å². The number of rotatable bonds is 5. The summed E-state index contributed by atoms with van der Waals surface area (Å²) >= 11 is 0. The molecule has 1 aromatic rings. The predicted molar refractivity (Wildman–Crippen MR) is 71.0 cm³/mol. The second-order valence-corrected chi connectivity index (χ2v) is 4.72. The van der Waals surface area contributed by atoms with Crippen LogP contribution in [-0.2, 0) is 11.2 Å². The first kappa shape index (κ1) is 14.0. The Morgan fingerprint density at radius 3 is 3.21 bits per heavy atom. The van der Waals surface area contributed by atoms with Crippen molar-refractivity contribution in [3.8, 4) is 0 Å². The fourth-order valence-corrected chi connectivity index (χ4v) is 2.48. The molecule has 1 aliphatic heterocycles. The van der Waals surface area contributed by atoms with Gasteiger partial charge in [-0.3, -0.25) is 9.78 Å². The second kappa shape index (κ2) is 6.63. The Balaban J connectivity index is 2.18. The van der Waals surface area contributed by atoms with Crippen LogP contribution in [0.5, 0.6) is 0 Å². The Morgan fingerprint density at radius 1 is 1.63 bits per heavy atom. The van der Waals surface area contributed by atoms with E-state index in [9.17, 15) is 9.90 Å². The average Bonchev–Trinajstić information content (AvgIpc) is 2.93. The SMILES string of the molecule is COCCc1ncccc1C(=O)N1CCCC1CO. The molecule has 0 aromatic carbocycles. The molecule has 0 spiro atoms. The molecule has 1 amide bonds. The lowest BCUT2D eigenvalue weighted by Crippen LogP contribution is -2.38. The normalized spacial score (nSPS) is 18.8. The van der Waals surface area contributed by atoms with E-state index in [1.54, 1.807) is 30.3 Å². The molecule has 1 unspecified atom stereocenters. The standard InChI is InChI=1S/C14H20N2O3/c1-19-9-6-13-12(5-2-7-15-13)14(18)16-8-3-4-11(16)10-17/h2,5,7,11,17H,3-4,6,8-10H2,1H3. The van der Waals surface area contributed by atoms with Gasteiger partial charge in [0, 0.05) is 26.3 Å². The number of nitrogens with zero attached hydrogens (tertiary/aromatic N) is 2. The van der Waals surface area contributed by atoms with Crippen molar-refractivity contribution < 1.29 is 14.6 Å². The van der Waals surface area contributed by atoms with Crippen LogP contribution in [0.15, 0.2) is 18.3 Å². The average molecular weight is 264 g/mol. The minimum atomic E-state index is -0.0528. The molecule has 5 heteroatoms. The molecular formula is C14H20N2O3. The molecule has 1 saturated heterocycles. The van der Waals surface area contributed by atoms with Crippen LogP contribution in [0.4, 0.5) is 0 Å². The van der Waals surface area contributed by atoms with Crippen molar-refractivity contribution in [3.63, 3.8) is 0 Å². The van der Waals surface area contributed by atoms with Gasteiger partial charge in [0.15, 0.2) is 0 Å². The molecular weight excluding hydrogens is 244 g/mol. The number of amides is 1. The molecule has 2 heterocycles. The molecule has 0 radical (unpaired) electrons. The number of hydrogen-bond donors (Lipinski definition) is 1. The van der Waals surface area contributed by atoms with Crippen molar-refractivity contribution in [2.45, 2.75) is 25.3 Å². The zero-order chi connectivity index (χ0) is 13.7. The van der Waals surface area contributed by atoms with Gasteiger partial charge in [-0.25, -0.2) is 0 Å². The smallest absolute Gasteiger partial charge is 0.256 e. The maximum Gasteiger partial charge on any atom is 0.256 e. The van der Waals surface area contributed by atoms with Crippen LogP contribution in [0.1, 0.15) is 28.9 Å². The van der Waals surface area contributed by atoms with Crippen molar-refractivity contribution in [3.05, 3.63) is 29.6 Å². The molecule has 1 N–H and O–H groups in total. The molecule has 1 aromatic heterocycles. The van der Waals surface area contributed by atoms with Gasteiger partial charge in [0.2, 0.25) is 0 Å². The van der Waals surface area contributed by atoms with Gasteiger partial charge in [-0.1, -0.05) is 0 Å². The Labute approximate surface area is 113 Å². The van der Waals surface area contributed by atoms with Crippen LogP contribution in [0.25, 0.3) is 0 Å². The Hall–Kier alpha value is -1.46. The van der Waals surface area contributed by atoms with Crippen molar-refractivity contribution >= 4 is 5.91 Å². The van der Waals surface area contributed by atoms with Crippen LogP contribution >= 0.6 is 0 Å². The van der Waals surface area contributed by atoms with Crippen LogP contribution in [0, 0.1) is 0 Å². The zero-order valence-corrected chi connectivity index (χ0v) is 11.2.